The first-order valence-corrected chi connectivity index (χ1v) is 13.3. The minimum atomic E-state index is -0.974. The summed E-state index contributed by atoms with van der Waals surface area (Å²) in [7, 11) is 1.79. The van der Waals surface area contributed by atoms with Gasteiger partial charge in [-0.2, -0.15) is 0 Å². The molecule has 1 N–H and O–H groups in total. The van der Waals surface area contributed by atoms with E-state index in [9.17, 15) is 5.11 Å². The van der Waals surface area contributed by atoms with Crippen molar-refractivity contribution in [1.29, 1.82) is 0 Å². The molecule has 0 atom stereocenters. The van der Waals surface area contributed by atoms with Crippen molar-refractivity contribution < 1.29 is 9.76 Å². The van der Waals surface area contributed by atoms with E-state index in [1.807, 2.05) is 13.8 Å². The van der Waals surface area contributed by atoms with Crippen LogP contribution in [0.25, 0.3) is 51.7 Å². The molecule has 35 heavy (non-hydrogen) atoms. The molecular weight excluding hydrogens is 469 g/mol. The van der Waals surface area contributed by atoms with Gasteiger partial charge >= 0.3 is 7.48 Å². The lowest BCUT2D eigenvalue weighted by Gasteiger charge is -2.37. The van der Waals surface area contributed by atoms with Crippen LogP contribution in [-0.2, 0) is 4.65 Å². The molecule has 0 aliphatic carbocycles. The molecule has 2 aromatic heterocycles. The molecule has 4 aromatic carbocycles. The molecule has 0 bridgehead atoms. The standard InChI is InChI=1S/C29H25BNO2S2/c1-28(2,32)29(3,4)33-30-21-10-7-11-24-25(21)20-16-18(13-15-23(20)34-24)27-31-22-14-12-17-8-5-6-9-19(17)26(22)35-27/h5-16,32H,1-4H3. The quantitative estimate of drug-likeness (QED) is 0.256. The average Bonchev–Trinajstić information content (AvgIpc) is 3.43. The Morgan fingerprint density at radius 2 is 1.66 bits per heavy atom. The minimum Gasteiger partial charge on any atom is -0.427 e. The van der Waals surface area contributed by atoms with Crippen molar-refractivity contribution in [3.63, 3.8) is 0 Å². The van der Waals surface area contributed by atoms with Crippen molar-refractivity contribution in [1.82, 2.24) is 4.98 Å². The zero-order valence-corrected chi connectivity index (χ0v) is 21.8. The average molecular weight is 494 g/mol. The van der Waals surface area contributed by atoms with Gasteiger partial charge < -0.3 is 9.76 Å². The maximum absolute atomic E-state index is 10.5. The van der Waals surface area contributed by atoms with E-state index in [1.165, 1.54) is 35.6 Å². The van der Waals surface area contributed by atoms with E-state index < -0.39 is 11.2 Å². The van der Waals surface area contributed by atoms with E-state index in [4.69, 9.17) is 9.64 Å². The normalized spacial score (nSPS) is 12.8. The van der Waals surface area contributed by atoms with Crippen LogP contribution in [-0.4, -0.2) is 28.8 Å². The van der Waals surface area contributed by atoms with E-state index in [1.54, 1.807) is 44.0 Å². The summed E-state index contributed by atoms with van der Waals surface area (Å²) in [6, 6.07) is 25.7. The van der Waals surface area contributed by atoms with E-state index in [0.29, 0.717) is 0 Å². The van der Waals surface area contributed by atoms with Crippen LogP contribution in [0.2, 0.25) is 0 Å². The Bertz CT molecular complexity index is 1730. The van der Waals surface area contributed by atoms with Gasteiger partial charge in [0.2, 0.25) is 0 Å². The molecule has 6 rings (SSSR count). The van der Waals surface area contributed by atoms with Crippen LogP contribution in [0.15, 0.2) is 72.8 Å². The summed E-state index contributed by atoms with van der Waals surface area (Å²) >= 11 is 3.53. The number of benzene rings is 4. The Balaban J connectivity index is 1.46. The molecule has 2 heterocycles. The van der Waals surface area contributed by atoms with Gasteiger partial charge in [-0.3, -0.25) is 0 Å². The Morgan fingerprint density at radius 3 is 2.49 bits per heavy atom. The molecule has 0 unspecified atom stereocenters. The van der Waals surface area contributed by atoms with E-state index in [-0.39, 0.29) is 0 Å². The van der Waals surface area contributed by atoms with Crippen LogP contribution in [0.4, 0.5) is 0 Å². The highest BCUT2D eigenvalue weighted by atomic mass is 32.1. The van der Waals surface area contributed by atoms with Gasteiger partial charge in [0.25, 0.3) is 0 Å². The molecule has 0 amide bonds. The van der Waals surface area contributed by atoms with Crippen LogP contribution in [0.3, 0.4) is 0 Å². The fourth-order valence-electron chi connectivity index (χ4n) is 4.22. The Morgan fingerprint density at radius 1 is 0.829 bits per heavy atom. The number of hydrogen-bond donors (Lipinski definition) is 1. The molecule has 6 heteroatoms. The van der Waals surface area contributed by atoms with Gasteiger partial charge in [-0.25, -0.2) is 4.98 Å². The molecule has 3 nitrogen and oxygen atoms in total. The Kier molecular flexibility index (Phi) is 5.27. The molecule has 0 fully saturated rings. The first kappa shape index (κ1) is 22.7. The fraction of sp³-hybridized carbons (Fsp3) is 0.207. The van der Waals surface area contributed by atoms with E-state index in [2.05, 4.69) is 72.8 Å². The molecule has 0 saturated carbocycles. The first-order valence-electron chi connectivity index (χ1n) is 11.7. The second kappa shape index (κ2) is 8.14. The molecule has 0 saturated heterocycles. The lowest BCUT2D eigenvalue weighted by atomic mass is 9.80. The molecule has 6 aromatic rings. The van der Waals surface area contributed by atoms with Crippen molar-refractivity contribution in [2.45, 2.75) is 38.9 Å². The first-order chi connectivity index (χ1) is 16.7. The van der Waals surface area contributed by atoms with Gasteiger partial charge in [-0.15, -0.1) is 22.7 Å². The molecule has 1 radical (unpaired) electrons. The van der Waals surface area contributed by atoms with E-state index >= 15 is 0 Å². The van der Waals surface area contributed by atoms with Gasteiger partial charge in [0.1, 0.15) is 5.01 Å². The second-order valence-electron chi connectivity index (χ2n) is 9.99. The van der Waals surface area contributed by atoms with Crippen molar-refractivity contribution in [2.75, 3.05) is 0 Å². The maximum atomic E-state index is 10.5. The SMILES string of the molecule is CC(C)(O)C(C)(C)O[B]c1cccc2sc3ccc(-c4nc5ccc6ccccc6c5s4)cc3c12. The number of thiazole rings is 1. The molecule has 0 aliphatic rings. The lowest BCUT2D eigenvalue weighted by Crippen LogP contribution is -2.49. The largest absolute Gasteiger partial charge is 0.427 e. The van der Waals surface area contributed by atoms with Crippen molar-refractivity contribution in [3.05, 3.63) is 72.8 Å². The van der Waals surface area contributed by atoms with Gasteiger partial charge in [0.05, 0.1) is 21.4 Å². The van der Waals surface area contributed by atoms with Crippen LogP contribution in [0, 0.1) is 0 Å². The smallest absolute Gasteiger partial charge is 0.331 e. The number of fused-ring (bicyclic) bond motifs is 6. The number of hydrogen-bond acceptors (Lipinski definition) is 5. The van der Waals surface area contributed by atoms with Crippen LogP contribution in [0.1, 0.15) is 27.7 Å². The second-order valence-corrected chi connectivity index (χ2v) is 12.1. The summed E-state index contributed by atoms with van der Waals surface area (Å²) in [5.41, 5.74) is 1.47. The molecule has 0 aliphatic heterocycles. The van der Waals surface area contributed by atoms with Crippen molar-refractivity contribution >= 4 is 76.8 Å². The minimum absolute atomic E-state index is 0.726. The third-order valence-corrected chi connectivity index (χ3v) is 9.30. The molecule has 0 spiro atoms. The summed E-state index contributed by atoms with van der Waals surface area (Å²) in [5.74, 6) is 0. The van der Waals surface area contributed by atoms with Gasteiger partial charge in [0, 0.05) is 25.7 Å². The van der Waals surface area contributed by atoms with Crippen LogP contribution >= 0.6 is 22.7 Å². The third kappa shape index (κ3) is 3.85. The summed E-state index contributed by atoms with van der Waals surface area (Å²) in [6.07, 6.45) is 0. The number of aromatic nitrogens is 1. The zero-order chi connectivity index (χ0) is 24.4. The highest BCUT2D eigenvalue weighted by molar-refractivity contribution is 7.26. The summed E-state index contributed by atoms with van der Waals surface area (Å²) in [6.45, 7) is 7.36. The summed E-state index contributed by atoms with van der Waals surface area (Å²) in [5, 5.41) is 16.4. The third-order valence-electron chi connectivity index (χ3n) is 7.01. The summed E-state index contributed by atoms with van der Waals surface area (Å²) in [4.78, 5) is 4.98. The number of nitrogens with zero attached hydrogens (tertiary/aromatic N) is 1. The van der Waals surface area contributed by atoms with Crippen LogP contribution < -0.4 is 5.46 Å². The number of thiophene rings is 1. The van der Waals surface area contributed by atoms with Gasteiger partial charge in [-0.1, -0.05) is 48.5 Å². The number of aliphatic hydroxyl groups is 1. The molecule has 173 valence electrons. The topological polar surface area (TPSA) is 42.4 Å². The summed E-state index contributed by atoms with van der Waals surface area (Å²) < 4.78 is 9.80. The maximum Gasteiger partial charge on any atom is 0.331 e. The van der Waals surface area contributed by atoms with E-state index in [0.717, 1.165) is 21.6 Å². The highest BCUT2D eigenvalue weighted by Crippen LogP contribution is 2.39. The monoisotopic (exact) mass is 494 g/mol. The molecular formula is C29H25BNO2S2. The predicted octanol–water partition coefficient (Wildman–Crippen LogP) is 7.30. The number of rotatable bonds is 5. The van der Waals surface area contributed by atoms with Crippen molar-refractivity contribution in [2.24, 2.45) is 0 Å². The van der Waals surface area contributed by atoms with Crippen LogP contribution in [0.5, 0.6) is 0 Å². The predicted molar refractivity (Wildman–Crippen MR) is 152 cm³/mol. The zero-order valence-electron chi connectivity index (χ0n) is 20.1. The lowest BCUT2D eigenvalue weighted by molar-refractivity contribution is -0.0893. The highest BCUT2D eigenvalue weighted by Gasteiger charge is 2.36. The Labute approximate surface area is 213 Å². The Hall–Kier alpha value is -2.77. The fourth-order valence-corrected chi connectivity index (χ4v) is 6.44. The van der Waals surface area contributed by atoms with Crippen molar-refractivity contribution in [3.8, 4) is 10.6 Å². The van der Waals surface area contributed by atoms with Gasteiger partial charge in [-0.05, 0) is 68.2 Å². The van der Waals surface area contributed by atoms with Gasteiger partial charge in [0.15, 0.2) is 0 Å².